The second-order valence-corrected chi connectivity index (χ2v) is 16.3. The quantitative estimate of drug-likeness (QED) is 0.125. The Balaban J connectivity index is 0.965. The summed E-state index contributed by atoms with van der Waals surface area (Å²) in [5.74, 6) is 0.429. The van der Waals surface area contributed by atoms with Crippen LogP contribution < -0.4 is 4.74 Å². The van der Waals surface area contributed by atoms with Gasteiger partial charge < -0.3 is 14.0 Å². The van der Waals surface area contributed by atoms with Crippen molar-refractivity contribution < 1.29 is 32.0 Å². The van der Waals surface area contributed by atoms with Crippen molar-refractivity contribution in [3.8, 4) is 5.75 Å². The number of carbonyl (C=O) groups excluding carboxylic acids is 2. The van der Waals surface area contributed by atoms with Gasteiger partial charge in [0.2, 0.25) is 0 Å². The minimum absolute atomic E-state index is 0.0182. The van der Waals surface area contributed by atoms with E-state index in [0.29, 0.717) is 30.2 Å². The Morgan fingerprint density at radius 1 is 0.745 bits per heavy atom. The summed E-state index contributed by atoms with van der Waals surface area (Å²) in [5, 5.41) is 0.652. The summed E-state index contributed by atoms with van der Waals surface area (Å²) in [6, 6.07) is 26.2. The number of rotatable bonds is 6. The first-order valence-corrected chi connectivity index (χ1v) is 18.1. The average Bonchev–Trinajstić information content (AvgIpc) is 3.06. The van der Waals surface area contributed by atoms with E-state index in [0.717, 1.165) is 38.5 Å². The van der Waals surface area contributed by atoms with Gasteiger partial charge in [-0.3, -0.25) is 9.59 Å². The number of benzene rings is 4. The maximum atomic E-state index is 14.1. The first kappa shape index (κ1) is 29.2. The normalized spacial score (nSPS) is 31.3. The van der Waals surface area contributed by atoms with E-state index in [1.807, 2.05) is 0 Å². The van der Waals surface area contributed by atoms with Crippen LogP contribution in [0.4, 0.5) is 0 Å². The van der Waals surface area contributed by atoms with Gasteiger partial charge in [-0.25, -0.2) is 8.42 Å². The SMILES string of the molecule is O=C(OCC12CC3CC(C1)CC(C(=O)Oc1ccc(S(=O)(=O)[O-])c4ccccc14)(C3)C2)C1CC2c3ccccc3C1c1ccccc12. The molecule has 0 heterocycles. The van der Waals surface area contributed by atoms with Gasteiger partial charge in [0, 0.05) is 28.0 Å². The van der Waals surface area contributed by atoms with Gasteiger partial charge in [0.15, 0.2) is 0 Å². The Morgan fingerprint density at radius 2 is 1.34 bits per heavy atom. The van der Waals surface area contributed by atoms with E-state index in [1.54, 1.807) is 24.3 Å². The monoisotopic (exact) mass is 647 g/mol. The van der Waals surface area contributed by atoms with Crippen molar-refractivity contribution in [2.45, 2.75) is 61.7 Å². The summed E-state index contributed by atoms with van der Waals surface area (Å²) >= 11 is 0. The van der Waals surface area contributed by atoms with Gasteiger partial charge in [-0.15, -0.1) is 0 Å². The third kappa shape index (κ3) is 4.51. The highest BCUT2D eigenvalue weighted by Crippen LogP contribution is 2.66. The maximum absolute atomic E-state index is 14.1. The zero-order valence-corrected chi connectivity index (χ0v) is 26.7. The summed E-state index contributed by atoms with van der Waals surface area (Å²) in [5.41, 5.74) is 4.13. The molecule has 0 spiro atoms. The van der Waals surface area contributed by atoms with Crippen LogP contribution >= 0.6 is 0 Å². The zero-order chi connectivity index (χ0) is 32.1. The van der Waals surface area contributed by atoms with Gasteiger partial charge in [0.25, 0.3) is 0 Å². The lowest BCUT2D eigenvalue weighted by molar-refractivity contribution is -0.183. The fourth-order valence-electron chi connectivity index (χ4n) is 10.8. The lowest BCUT2D eigenvalue weighted by atomic mass is 9.44. The molecule has 7 aliphatic carbocycles. The number of fused-ring (bicyclic) bond motifs is 2. The summed E-state index contributed by atoms with van der Waals surface area (Å²) in [6.07, 6.45) is 5.77. The molecule has 3 atom stereocenters. The van der Waals surface area contributed by atoms with Crippen LogP contribution in [0, 0.1) is 28.6 Å². The molecule has 0 radical (unpaired) electrons. The van der Waals surface area contributed by atoms with Crippen LogP contribution in [-0.4, -0.2) is 31.5 Å². The van der Waals surface area contributed by atoms with E-state index in [2.05, 4.69) is 48.5 Å². The highest BCUT2D eigenvalue weighted by molar-refractivity contribution is 7.86. The molecule has 7 aliphatic rings. The first-order chi connectivity index (χ1) is 22.6. The maximum Gasteiger partial charge on any atom is 0.317 e. The van der Waals surface area contributed by atoms with Crippen molar-refractivity contribution in [2.75, 3.05) is 6.61 Å². The van der Waals surface area contributed by atoms with Crippen LogP contribution in [0.1, 0.15) is 79.0 Å². The van der Waals surface area contributed by atoms with E-state index in [4.69, 9.17) is 9.47 Å². The number of hydrogen-bond acceptors (Lipinski definition) is 7. The Kier molecular flexibility index (Phi) is 6.35. The molecule has 0 N–H and O–H groups in total. The van der Waals surface area contributed by atoms with Crippen LogP contribution in [0.5, 0.6) is 5.75 Å². The molecule has 240 valence electrons. The van der Waals surface area contributed by atoms with Crippen molar-refractivity contribution in [3.05, 3.63) is 107 Å². The third-order valence-electron chi connectivity index (χ3n) is 12.1. The average molecular weight is 648 g/mol. The molecule has 0 amide bonds. The number of carbonyl (C=O) groups is 2. The molecule has 8 heteroatoms. The van der Waals surface area contributed by atoms with Crippen LogP contribution in [0.15, 0.2) is 89.8 Å². The lowest BCUT2D eigenvalue weighted by Crippen LogP contribution is -2.57. The highest BCUT2D eigenvalue weighted by Gasteiger charge is 2.62. The van der Waals surface area contributed by atoms with E-state index < -0.39 is 15.5 Å². The number of hydrogen-bond donors (Lipinski definition) is 0. The van der Waals surface area contributed by atoms with E-state index in [9.17, 15) is 22.6 Å². The Morgan fingerprint density at radius 3 is 1.98 bits per heavy atom. The smallest absolute Gasteiger partial charge is 0.317 e. The van der Waals surface area contributed by atoms with Gasteiger partial charge >= 0.3 is 11.9 Å². The van der Waals surface area contributed by atoms with Crippen molar-refractivity contribution in [1.29, 1.82) is 0 Å². The van der Waals surface area contributed by atoms with Crippen LogP contribution in [0.2, 0.25) is 0 Å². The summed E-state index contributed by atoms with van der Waals surface area (Å²) < 4.78 is 48.1. The standard InChI is InChI=1S/C39H36O7S/c40-36(32-16-31-25-7-1-5-11-29(25)35(32)30-12-6-2-8-26(30)31)45-22-38-17-23-15-24(18-38)20-39(19-23,21-38)37(41)46-33-13-14-34(47(42,43)44)28-10-4-3-9-27(28)33/h1-14,23-24,31-32,35H,15-22H2,(H,42,43,44)/p-1. The van der Waals surface area contributed by atoms with Gasteiger partial charge in [0.05, 0.1) is 22.8 Å². The van der Waals surface area contributed by atoms with Crippen molar-refractivity contribution in [2.24, 2.45) is 28.6 Å². The molecular weight excluding hydrogens is 612 g/mol. The van der Waals surface area contributed by atoms with E-state index in [-0.39, 0.29) is 51.1 Å². The van der Waals surface area contributed by atoms with E-state index >= 15 is 0 Å². The third-order valence-corrected chi connectivity index (χ3v) is 13.0. The zero-order valence-electron chi connectivity index (χ0n) is 25.9. The number of esters is 2. The second-order valence-electron chi connectivity index (χ2n) is 14.9. The second kappa shape index (κ2) is 10.2. The Labute approximate surface area is 274 Å². The predicted octanol–water partition coefficient (Wildman–Crippen LogP) is 7.08. The summed E-state index contributed by atoms with van der Waals surface area (Å²) in [7, 11) is -4.71. The minimum atomic E-state index is -4.71. The molecule has 0 aliphatic heterocycles. The molecular formula is C39H35O7S-. The van der Waals surface area contributed by atoms with Gasteiger partial charge in [-0.05, 0) is 91.2 Å². The largest absolute Gasteiger partial charge is 0.744 e. The number of ether oxygens (including phenoxy) is 2. The molecule has 0 saturated heterocycles. The van der Waals surface area contributed by atoms with Crippen molar-refractivity contribution in [3.63, 3.8) is 0 Å². The molecule has 3 unspecified atom stereocenters. The molecule has 47 heavy (non-hydrogen) atoms. The van der Waals surface area contributed by atoms with Crippen molar-refractivity contribution >= 4 is 32.8 Å². The molecule has 4 aromatic rings. The Hall–Kier alpha value is -4.01. The Bertz CT molecular complexity index is 2020. The molecule has 0 aromatic heterocycles. The van der Waals surface area contributed by atoms with Crippen LogP contribution in [0.3, 0.4) is 0 Å². The fraction of sp³-hybridized carbons (Fsp3) is 0.385. The topological polar surface area (TPSA) is 110 Å². The highest BCUT2D eigenvalue weighted by atomic mass is 32.2. The molecule has 4 fully saturated rings. The predicted molar refractivity (Wildman–Crippen MR) is 173 cm³/mol. The van der Waals surface area contributed by atoms with Gasteiger partial charge in [-0.2, -0.15) is 0 Å². The lowest BCUT2D eigenvalue weighted by Gasteiger charge is -2.60. The van der Waals surface area contributed by atoms with Crippen molar-refractivity contribution in [1.82, 2.24) is 0 Å². The fourth-order valence-corrected chi connectivity index (χ4v) is 11.5. The molecule has 4 saturated carbocycles. The summed E-state index contributed by atoms with van der Waals surface area (Å²) in [4.78, 5) is 27.8. The molecule has 4 aromatic carbocycles. The van der Waals surface area contributed by atoms with Crippen LogP contribution in [0.25, 0.3) is 10.8 Å². The van der Waals surface area contributed by atoms with Gasteiger partial charge in [-0.1, -0.05) is 72.8 Å². The molecule has 6 bridgehead atoms. The first-order valence-electron chi connectivity index (χ1n) is 16.7. The molecule has 7 nitrogen and oxygen atoms in total. The van der Waals surface area contributed by atoms with E-state index in [1.165, 1.54) is 34.4 Å². The minimum Gasteiger partial charge on any atom is -0.744 e. The van der Waals surface area contributed by atoms with Crippen LogP contribution in [-0.2, 0) is 24.4 Å². The van der Waals surface area contributed by atoms with Gasteiger partial charge in [0.1, 0.15) is 15.9 Å². The summed E-state index contributed by atoms with van der Waals surface area (Å²) in [6.45, 7) is 0.310. The molecule has 11 rings (SSSR count).